The molecule has 1 aliphatic carbocycles. The largest absolute Gasteiger partial charge is 0.344 e. The minimum atomic E-state index is 0.607. The number of hydrogen-bond acceptors (Lipinski definition) is 2. The van der Waals surface area contributed by atoms with E-state index in [9.17, 15) is 0 Å². The Morgan fingerprint density at radius 2 is 1.81 bits per heavy atom. The number of hydrogen-bond donors (Lipinski definition) is 0. The van der Waals surface area contributed by atoms with Crippen LogP contribution in [0.4, 0.5) is 0 Å². The normalized spacial score (nSPS) is 20.2. The van der Waals surface area contributed by atoms with Crippen molar-refractivity contribution in [2.24, 2.45) is 5.92 Å². The summed E-state index contributed by atoms with van der Waals surface area (Å²) in [7, 11) is 2.21. The van der Waals surface area contributed by atoms with E-state index < -0.39 is 0 Å². The van der Waals surface area contributed by atoms with Gasteiger partial charge in [-0.05, 0) is 50.1 Å². The molecular formula is C21H27Cl2N3. The molecule has 0 bridgehead atoms. The molecule has 0 amide bonds. The fourth-order valence-electron chi connectivity index (χ4n) is 4.35. The summed E-state index contributed by atoms with van der Waals surface area (Å²) in [6.45, 7) is 9.29. The minimum absolute atomic E-state index is 0.607. The summed E-state index contributed by atoms with van der Waals surface area (Å²) in [5, 5.41) is 2.97. The van der Waals surface area contributed by atoms with Crippen LogP contribution in [-0.2, 0) is 13.0 Å². The molecule has 140 valence electrons. The molecule has 5 heteroatoms. The maximum atomic E-state index is 6.35. The van der Waals surface area contributed by atoms with Crippen LogP contribution in [0.1, 0.15) is 24.6 Å². The summed E-state index contributed by atoms with van der Waals surface area (Å²) in [6, 6.07) is 6.26. The van der Waals surface area contributed by atoms with Gasteiger partial charge in [-0.3, -0.25) is 0 Å². The van der Waals surface area contributed by atoms with Crippen LogP contribution in [-0.4, -0.2) is 54.1 Å². The van der Waals surface area contributed by atoms with Crippen molar-refractivity contribution in [3.05, 3.63) is 39.5 Å². The molecular weight excluding hydrogens is 365 g/mol. The standard InChI is InChI=1S/C21H27Cl2N3/c1-15(13-25-9-7-24(2)8-10-25)14-26-20-5-3-16(22)11-18(20)19-12-17(23)4-6-21(19)26/h3,5,11-12,15H,4,6-10,13-14H2,1-2H3. The Balaban J connectivity index is 1.60. The number of piperazine rings is 1. The van der Waals surface area contributed by atoms with Gasteiger partial charge in [-0.25, -0.2) is 0 Å². The van der Waals surface area contributed by atoms with Crippen molar-refractivity contribution in [2.45, 2.75) is 26.3 Å². The summed E-state index contributed by atoms with van der Waals surface area (Å²) in [5.74, 6) is 0.607. The van der Waals surface area contributed by atoms with Crippen molar-refractivity contribution < 1.29 is 0 Å². The number of aromatic nitrogens is 1. The summed E-state index contributed by atoms with van der Waals surface area (Å²) < 4.78 is 2.52. The number of rotatable bonds is 4. The quantitative estimate of drug-likeness (QED) is 0.747. The lowest BCUT2D eigenvalue weighted by molar-refractivity contribution is 0.135. The van der Waals surface area contributed by atoms with E-state index in [4.69, 9.17) is 23.2 Å². The molecule has 26 heavy (non-hydrogen) atoms. The third kappa shape index (κ3) is 3.68. The summed E-state index contributed by atoms with van der Waals surface area (Å²) in [4.78, 5) is 5.02. The van der Waals surface area contributed by atoms with Crippen LogP contribution in [0.25, 0.3) is 17.0 Å². The van der Waals surface area contributed by atoms with Crippen molar-refractivity contribution in [3.8, 4) is 0 Å². The van der Waals surface area contributed by atoms with Crippen LogP contribution in [0.2, 0.25) is 5.02 Å². The van der Waals surface area contributed by atoms with Crippen molar-refractivity contribution in [3.63, 3.8) is 0 Å². The molecule has 0 saturated carbocycles. The van der Waals surface area contributed by atoms with Gasteiger partial charge in [-0.1, -0.05) is 30.1 Å². The second-order valence-electron chi connectivity index (χ2n) is 7.93. The highest BCUT2D eigenvalue weighted by Crippen LogP contribution is 2.36. The fourth-order valence-corrected chi connectivity index (χ4v) is 4.73. The number of likely N-dealkylation sites (N-methyl/N-ethyl adjacent to an activating group) is 1. The van der Waals surface area contributed by atoms with Crippen molar-refractivity contribution in [2.75, 3.05) is 39.8 Å². The molecule has 4 rings (SSSR count). The number of halogens is 2. The Morgan fingerprint density at radius 3 is 2.58 bits per heavy atom. The van der Waals surface area contributed by atoms with Crippen LogP contribution in [0.3, 0.4) is 0 Å². The zero-order valence-electron chi connectivity index (χ0n) is 15.6. The first-order valence-electron chi connectivity index (χ1n) is 9.59. The van der Waals surface area contributed by atoms with Gasteiger partial charge in [0, 0.05) is 71.5 Å². The molecule has 0 radical (unpaired) electrons. The maximum Gasteiger partial charge on any atom is 0.0489 e. The van der Waals surface area contributed by atoms with Gasteiger partial charge >= 0.3 is 0 Å². The summed E-state index contributed by atoms with van der Waals surface area (Å²) in [5.41, 5.74) is 3.97. The molecule has 1 fully saturated rings. The molecule has 3 nitrogen and oxygen atoms in total. The van der Waals surface area contributed by atoms with E-state index in [0.717, 1.165) is 36.0 Å². The van der Waals surface area contributed by atoms with Gasteiger partial charge in [-0.15, -0.1) is 0 Å². The van der Waals surface area contributed by atoms with Gasteiger partial charge in [0.15, 0.2) is 0 Å². The van der Waals surface area contributed by atoms with E-state index in [1.165, 1.54) is 48.3 Å². The Labute approximate surface area is 166 Å². The van der Waals surface area contributed by atoms with Gasteiger partial charge in [0.05, 0.1) is 0 Å². The van der Waals surface area contributed by atoms with E-state index in [2.05, 4.69) is 46.5 Å². The van der Waals surface area contributed by atoms with E-state index in [1.54, 1.807) is 0 Å². The predicted octanol–water partition coefficient (Wildman–Crippen LogP) is 4.70. The smallest absolute Gasteiger partial charge is 0.0489 e. The minimum Gasteiger partial charge on any atom is -0.344 e. The average molecular weight is 392 g/mol. The van der Waals surface area contributed by atoms with Crippen LogP contribution in [0.15, 0.2) is 23.2 Å². The zero-order chi connectivity index (χ0) is 18.3. The monoisotopic (exact) mass is 391 g/mol. The van der Waals surface area contributed by atoms with Gasteiger partial charge in [0.2, 0.25) is 0 Å². The van der Waals surface area contributed by atoms with Crippen molar-refractivity contribution >= 4 is 40.2 Å². The first-order chi connectivity index (χ1) is 12.5. The molecule has 1 atom stereocenters. The Morgan fingerprint density at radius 1 is 1.04 bits per heavy atom. The number of fused-ring (bicyclic) bond motifs is 3. The second-order valence-corrected chi connectivity index (χ2v) is 8.85. The lowest BCUT2D eigenvalue weighted by Gasteiger charge is -2.34. The van der Waals surface area contributed by atoms with Crippen LogP contribution >= 0.6 is 23.2 Å². The lowest BCUT2D eigenvalue weighted by Crippen LogP contribution is -2.46. The Hall–Kier alpha value is -1.00. The highest BCUT2D eigenvalue weighted by molar-refractivity contribution is 6.32. The molecule has 0 N–H and O–H groups in total. The van der Waals surface area contributed by atoms with E-state index >= 15 is 0 Å². The van der Waals surface area contributed by atoms with Crippen LogP contribution in [0, 0.1) is 5.92 Å². The van der Waals surface area contributed by atoms with Crippen molar-refractivity contribution in [1.29, 1.82) is 0 Å². The Bertz CT molecular complexity index is 831. The van der Waals surface area contributed by atoms with E-state index in [0.29, 0.717) is 5.92 Å². The third-order valence-corrected chi connectivity index (χ3v) is 6.27. The predicted molar refractivity (Wildman–Crippen MR) is 112 cm³/mol. The number of allylic oxidation sites excluding steroid dienone is 1. The SMILES string of the molecule is CC(CN1CCN(C)CC1)Cn1c2c(c3cc(Cl)ccc31)C=C(Cl)CC2. The van der Waals surface area contributed by atoms with Gasteiger partial charge in [0.25, 0.3) is 0 Å². The van der Waals surface area contributed by atoms with Crippen molar-refractivity contribution in [1.82, 2.24) is 14.4 Å². The maximum absolute atomic E-state index is 6.35. The lowest BCUT2D eigenvalue weighted by atomic mass is 10.0. The summed E-state index contributed by atoms with van der Waals surface area (Å²) in [6.07, 6.45) is 4.09. The van der Waals surface area contributed by atoms with Gasteiger partial charge < -0.3 is 14.4 Å². The molecule has 1 aromatic carbocycles. The highest BCUT2D eigenvalue weighted by atomic mass is 35.5. The number of benzene rings is 1. The van der Waals surface area contributed by atoms with Crippen LogP contribution in [0.5, 0.6) is 0 Å². The molecule has 1 aromatic heterocycles. The number of nitrogens with zero attached hydrogens (tertiary/aromatic N) is 3. The van der Waals surface area contributed by atoms with Crippen LogP contribution < -0.4 is 0 Å². The van der Waals surface area contributed by atoms with E-state index in [1.807, 2.05) is 6.07 Å². The van der Waals surface area contributed by atoms with E-state index in [-0.39, 0.29) is 0 Å². The molecule has 1 aliphatic heterocycles. The first kappa shape index (κ1) is 18.4. The zero-order valence-corrected chi connectivity index (χ0v) is 17.2. The molecule has 2 heterocycles. The molecule has 2 aliphatic rings. The first-order valence-corrected chi connectivity index (χ1v) is 10.3. The average Bonchev–Trinajstić information content (AvgIpc) is 2.89. The molecule has 1 unspecified atom stereocenters. The topological polar surface area (TPSA) is 11.4 Å². The molecule has 1 saturated heterocycles. The fraction of sp³-hybridized carbons (Fsp3) is 0.524. The Kier molecular flexibility index (Phi) is 5.34. The highest BCUT2D eigenvalue weighted by Gasteiger charge is 2.22. The van der Waals surface area contributed by atoms with Gasteiger partial charge in [0.1, 0.15) is 0 Å². The van der Waals surface area contributed by atoms with Gasteiger partial charge in [-0.2, -0.15) is 0 Å². The second kappa shape index (κ2) is 7.55. The molecule has 2 aromatic rings. The third-order valence-electron chi connectivity index (χ3n) is 5.74. The molecule has 0 spiro atoms. The summed E-state index contributed by atoms with van der Waals surface area (Å²) >= 11 is 12.6.